The Labute approximate surface area is 111 Å². The molecular weight excluding hydrogens is 274 g/mol. The Morgan fingerprint density at radius 2 is 1.94 bits per heavy atom. The second-order valence-electron chi connectivity index (χ2n) is 3.22. The van der Waals surface area contributed by atoms with Crippen LogP contribution < -0.4 is 0 Å². The van der Waals surface area contributed by atoms with E-state index in [1.807, 2.05) is 29.0 Å². The molecule has 0 aromatic carbocycles. The average molecular weight is 280 g/mol. The number of thiazole rings is 1. The molecule has 0 fully saturated rings. The SMILES string of the molecule is Clc1nc(-c2cccs2)cc(-c2nccs2)n1. The fourth-order valence-electron chi connectivity index (χ4n) is 1.43. The zero-order chi connectivity index (χ0) is 11.7. The molecule has 3 aromatic rings. The van der Waals surface area contributed by atoms with E-state index in [0.29, 0.717) is 0 Å². The van der Waals surface area contributed by atoms with Crippen LogP contribution >= 0.6 is 34.3 Å². The number of thiophene rings is 1. The fourth-order valence-corrected chi connectivity index (χ4v) is 2.89. The molecule has 0 aliphatic rings. The van der Waals surface area contributed by atoms with Crippen molar-refractivity contribution in [2.45, 2.75) is 0 Å². The minimum atomic E-state index is 0.251. The molecule has 17 heavy (non-hydrogen) atoms. The molecular formula is C11H6ClN3S2. The molecule has 3 rings (SSSR count). The number of aromatic nitrogens is 3. The highest BCUT2D eigenvalue weighted by Crippen LogP contribution is 2.28. The van der Waals surface area contributed by atoms with Gasteiger partial charge in [-0.05, 0) is 29.1 Å². The van der Waals surface area contributed by atoms with Gasteiger partial charge in [0.05, 0.1) is 10.6 Å². The standard InChI is InChI=1S/C11H6ClN3S2/c12-11-14-7(9-2-1-4-16-9)6-8(15-11)10-13-3-5-17-10/h1-6H. The molecule has 0 unspecified atom stereocenters. The summed E-state index contributed by atoms with van der Waals surface area (Å²) in [5, 5.41) is 5.03. The summed E-state index contributed by atoms with van der Waals surface area (Å²) >= 11 is 9.10. The Bertz CT molecular complexity index is 568. The van der Waals surface area contributed by atoms with E-state index in [2.05, 4.69) is 15.0 Å². The highest BCUT2D eigenvalue weighted by molar-refractivity contribution is 7.13. The second-order valence-corrected chi connectivity index (χ2v) is 5.40. The zero-order valence-electron chi connectivity index (χ0n) is 8.50. The van der Waals surface area contributed by atoms with Crippen molar-refractivity contribution >= 4 is 34.3 Å². The zero-order valence-corrected chi connectivity index (χ0v) is 10.9. The van der Waals surface area contributed by atoms with Crippen molar-refractivity contribution < 1.29 is 0 Å². The van der Waals surface area contributed by atoms with Crippen LogP contribution in [0.4, 0.5) is 0 Å². The summed E-state index contributed by atoms with van der Waals surface area (Å²) in [6.45, 7) is 0. The molecule has 3 heterocycles. The molecule has 6 heteroatoms. The predicted octanol–water partition coefficient (Wildman–Crippen LogP) is 3.98. The summed E-state index contributed by atoms with van der Waals surface area (Å²) < 4.78 is 0. The second kappa shape index (κ2) is 4.52. The smallest absolute Gasteiger partial charge is 0.223 e. The molecule has 3 aromatic heterocycles. The summed E-state index contributed by atoms with van der Waals surface area (Å²) in [5.41, 5.74) is 1.61. The summed E-state index contributed by atoms with van der Waals surface area (Å²) in [5.74, 6) is 0. The number of halogens is 1. The van der Waals surface area contributed by atoms with Crippen molar-refractivity contribution in [2.75, 3.05) is 0 Å². The van der Waals surface area contributed by atoms with E-state index in [4.69, 9.17) is 11.6 Å². The Morgan fingerprint density at radius 3 is 2.65 bits per heavy atom. The number of rotatable bonds is 2. The first-order valence-corrected chi connectivity index (χ1v) is 6.95. The normalized spacial score (nSPS) is 10.6. The number of nitrogens with zero attached hydrogens (tertiary/aromatic N) is 3. The van der Waals surface area contributed by atoms with Gasteiger partial charge in [-0.2, -0.15) is 0 Å². The first-order chi connectivity index (χ1) is 8.33. The molecule has 3 nitrogen and oxygen atoms in total. The Kier molecular flexibility index (Phi) is 2.88. The third kappa shape index (κ3) is 2.22. The lowest BCUT2D eigenvalue weighted by Gasteiger charge is -2.01. The van der Waals surface area contributed by atoms with Gasteiger partial charge in [0, 0.05) is 11.6 Å². The summed E-state index contributed by atoms with van der Waals surface area (Å²) in [4.78, 5) is 13.7. The molecule has 0 radical (unpaired) electrons. The molecule has 84 valence electrons. The van der Waals surface area contributed by atoms with Gasteiger partial charge in [0.15, 0.2) is 0 Å². The van der Waals surface area contributed by atoms with Crippen LogP contribution in [0.3, 0.4) is 0 Å². The summed E-state index contributed by atoms with van der Waals surface area (Å²) in [6, 6.07) is 5.91. The molecule has 0 amide bonds. The van der Waals surface area contributed by atoms with Gasteiger partial charge in [-0.3, -0.25) is 0 Å². The molecule has 0 spiro atoms. The van der Waals surface area contributed by atoms with Crippen LogP contribution in [0.1, 0.15) is 0 Å². The fraction of sp³-hybridized carbons (Fsp3) is 0. The predicted molar refractivity (Wildman–Crippen MR) is 71.5 cm³/mol. The lowest BCUT2D eigenvalue weighted by atomic mass is 10.3. The van der Waals surface area contributed by atoms with Crippen molar-refractivity contribution in [1.82, 2.24) is 15.0 Å². The van der Waals surface area contributed by atoms with E-state index in [1.165, 1.54) is 11.3 Å². The van der Waals surface area contributed by atoms with Crippen molar-refractivity contribution in [3.63, 3.8) is 0 Å². The molecule has 0 saturated heterocycles. The van der Waals surface area contributed by atoms with Crippen molar-refractivity contribution in [3.05, 3.63) is 40.4 Å². The Balaban J connectivity index is 2.13. The van der Waals surface area contributed by atoms with Crippen LogP contribution in [0.2, 0.25) is 5.28 Å². The van der Waals surface area contributed by atoms with Crippen LogP contribution in [-0.4, -0.2) is 15.0 Å². The topological polar surface area (TPSA) is 38.7 Å². The maximum absolute atomic E-state index is 5.94. The van der Waals surface area contributed by atoms with Gasteiger partial charge in [-0.15, -0.1) is 22.7 Å². The van der Waals surface area contributed by atoms with E-state index >= 15 is 0 Å². The van der Waals surface area contributed by atoms with Crippen LogP contribution in [0.5, 0.6) is 0 Å². The largest absolute Gasteiger partial charge is 0.243 e. The third-order valence-corrected chi connectivity index (χ3v) is 3.98. The van der Waals surface area contributed by atoms with Crippen LogP contribution in [0.15, 0.2) is 35.2 Å². The minimum Gasteiger partial charge on any atom is -0.243 e. The third-order valence-electron chi connectivity index (χ3n) is 2.12. The van der Waals surface area contributed by atoms with Crippen LogP contribution in [0.25, 0.3) is 21.3 Å². The average Bonchev–Trinajstić information content (AvgIpc) is 3.02. The number of hydrogen-bond donors (Lipinski definition) is 0. The van der Waals surface area contributed by atoms with E-state index in [1.54, 1.807) is 17.5 Å². The first kappa shape index (κ1) is 10.8. The van der Waals surface area contributed by atoms with Gasteiger partial charge >= 0.3 is 0 Å². The summed E-state index contributed by atoms with van der Waals surface area (Å²) in [7, 11) is 0. The van der Waals surface area contributed by atoms with Gasteiger partial charge in [-0.25, -0.2) is 15.0 Å². The van der Waals surface area contributed by atoms with E-state index < -0.39 is 0 Å². The van der Waals surface area contributed by atoms with E-state index in [9.17, 15) is 0 Å². The lowest BCUT2D eigenvalue weighted by molar-refractivity contribution is 1.17. The summed E-state index contributed by atoms with van der Waals surface area (Å²) in [6.07, 6.45) is 1.75. The highest BCUT2D eigenvalue weighted by atomic mass is 35.5. The Morgan fingerprint density at radius 1 is 1.06 bits per heavy atom. The molecule has 0 aliphatic heterocycles. The van der Waals surface area contributed by atoms with Crippen LogP contribution in [0, 0.1) is 0 Å². The van der Waals surface area contributed by atoms with Gasteiger partial charge in [0.1, 0.15) is 10.7 Å². The maximum atomic E-state index is 5.94. The minimum absolute atomic E-state index is 0.251. The van der Waals surface area contributed by atoms with Crippen molar-refractivity contribution in [3.8, 4) is 21.3 Å². The van der Waals surface area contributed by atoms with E-state index in [-0.39, 0.29) is 5.28 Å². The van der Waals surface area contributed by atoms with Gasteiger partial charge < -0.3 is 0 Å². The number of hydrogen-bond acceptors (Lipinski definition) is 5. The molecule has 0 atom stereocenters. The van der Waals surface area contributed by atoms with Gasteiger partial charge in [0.25, 0.3) is 0 Å². The highest BCUT2D eigenvalue weighted by Gasteiger charge is 2.09. The van der Waals surface area contributed by atoms with Crippen molar-refractivity contribution in [2.24, 2.45) is 0 Å². The van der Waals surface area contributed by atoms with Gasteiger partial charge in [-0.1, -0.05) is 6.07 Å². The van der Waals surface area contributed by atoms with Crippen LogP contribution in [-0.2, 0) is 0 Å². The molecule has 0 aliphatic carbocycles. The maximum Gasteiger partial charge on any atom is 0.223 e. The quantitative estimate of drug-likeness (QED) is 0.666. The van der Waals surface area contributed by atoms with Gasteiger partial charge in [0.2, 0.25) is 5.28 Å². The molecule has 0 N–H and O–H groups in total. The first-order valence-electron chi connectivity index (χ1n) is 4.81. The van der Waals surface area contributed by atoms with E-state index in [0.717, 1.165) is 21.3 Å². The molecule has 0 saturated carbocycles. The lowest BCUT2D eigenvalue weighted by Crippen LogP contribution is -1.89. The Hall–Kier alpha value is -1.30. The monoisotopic (exact) mass is 279 g/mol. The molecule has 0 bridgehead atoms. The van der Waals surface area contributed by atoms with Crippen molar-refractivity contribution in [1.29, 1.82) is 0 Å².